The third kappa shape index (κ3) is 4.17. The first-order valence-electron chi connectivity index (χ1n) is 6.40. The average molecular weight is 318 g/mol. The Kier molecular flexibility index (Phi) is 5.27. The second-order valence-electron chi connectivity index (χ2n) is 4.33. The first-order valence-corrected chi connectivity index (χ1v) is 6.78. The van der Waals surface area contributed by atoms with Crippen molar-refractivity contribution in [2.75, 3.05) is 6.61 Å². The van der Waals surface area contributed by atoms with Gasteiger partial charge in [0.05, 0.1) is 10.5 Å². The highest BCUT2D eigenvalue weighted by atomic mass is 35.5. The van der Waals surface area contributed by atoms with Crippen LogP contribution in [0.3, 0.4) is 0 Å². The van der Waals surface area contributed by atoms with Crippen molar-refractivity contribution in [3.63, 3.8) is 0 Å². The van der Waals surface area contributed by atoms with E-state index < -0.39 is 10.9 Å². The number of esters is 1. The lowest BCUT2D eigenvalue weighted by Gasteiger charge is -2.02. The van der Waals surface area contributed by atoms with E-state index in [1.54, 1.807) is 6.08 Å². The molecular formula is C16H12ClNO4. The molecule has 0 aromatic heterocycles. The summed E-state index contributed by atoms with van der Waals surface area (Å²) in [6.07, 6.45) is 3.51. The summed E-state index contributed by atoms with van der Waals surface area (Å²) in [6, 6.07) is 13.3. The van der Waals surface area contributed by atoms with Crippen LogP contribution in [-0.4, -0.2) is 17.5 Å². The van der Waals surface area contributed by atoms with E-state index in [0.717, 1.165) is 11.6 Å². The highest BCUT2D eigenvalue weighted by Crippen LogP contribution is 2.25. The molecule has 112 valence electrons. The summed E-state index contributed by atoms with van der Waals surface area (Å²) in [5, 5.41) is 10.7. The number of benzene rings is 2. The predicted molar refractivity (Wildman–Crippen MR) is 83.9 cm³/mol. The van der Waals surface area contributed by atoms with Gasteiger partial charge in [-0.1, -0.05) is 48.0 Å². The second-order valence-corrected chi connectivity index (χ2v) is 4.74. The fraction of sp³-hybridized carbons (Fsp3) is 0.0625. The molecule has 2 rings (SSSR count). The third-order valence-corrected chi connectivity index (χ3v) is 3.12. The maximum Gasteiger partial charge on any atom is 0.338 e. The van der Waals surface area contributed by atoms with Crippen LogP contribution in [0.15, 0.2) is 54.6 Å². The van der Waals surface area contributed by atoms with Crippen LogP contribution in [0.4, 0.5) is 5.69 Å². The molecule has 0 saturated carbocycles. The van der Waals surface area contributed by atoms with Gasteiger partial charge in [-0.15, -0.1) is 0 Å². The number of hydrogen-bond donors (Lipinski definition) is 0. The Morgan fingerprint density at radius 3 is 2.64 bits per heavy atom. The monoisotopic (exact) mass is 317 g/mol. The van der Waals surface area contributed by atoms with Gasteiger partial charge in [-0.3, -0.25) is 10.1 Å². The minimum atomic E-state index is -0.644. The van der Waals surface area contributed by atoms with Crippen LogP contribution in [0.5, 0.6) is 0 Å². The number of hydrogen-bond acceptors (Lipinski definition) is 4. The van der Waals surface area contributed by atoms with E-state index in [1.165, 1.54) is 12.1 Å². The van der Waals surface area contributed by atoms with Gasteiger partial charge in [-0.05, 0) is 23.8 Å². The van der Waals surface area contributed by atoms with Gasteiger partial charge in [0, 0.05) is 6.07 Å². The fourth-order valence-electron chi connectivity index (χ4n) is 1.74. The van der Waals surface area contributed by atoms with Crippen molar-refractivity contribution in [3.8, 4) is 0 Å². The van der Waals surface area contributed by atoms with Crippen LogP contribution >= 0.6 is 11.6 Å². The van der Waals surface area contributed by atoms with E-state index in [2.05, 4.69) is 0 Å². The molecule has 0 unspecified atom stereocenters. The fourth-order valence-corrected chi connectivity index (χ4v) is 1.92. The number of carbonyl (C=O) groups is 1. The van der Waals surface area contributed by atoms with Crippen LogP contribution in [0.25, 0.3) is 6.08 Å². The van der Waals surface area contributed by atoms with E-state index in [-0.39, 0.29) is 22.9 Å². The number of nitro groups is 1. The zero-order valence-electron chi connectivity index (χ0n) is 11.4. The maximum absolute atomic E-state index is 11.8. The molecule has 0 aliphatic carbocycles. The summed E-state index contributed by atoms with van der Waals surface area (Å²) >= 11 is 5.69. The Bertz CT molecular complexity index is 713. The zero-order chi connectivity index (χ0) is 15.9. The number of halogens is 1. The molecular weight excluding hydrogens is 306 g/mol. The second kappa shape index (κ2) is 7.38. The largest absolute Gasteiger partial charge is 0.458 e. The Balaban J connectivity index is 1.97. The Morgan fingerprint density at radius 2 is 1.95 bits per heavy atom. The zero-order valence-corrected chi connectivity index (χ0v) is 12.2. The van der Waals surface area contributed by atoms with Crippen molar-refractivity contribution < 1.29 is 14.5 Å². The molecule has 5 nitrogen and oxygen atoms in total. The molecule has 0 N–H and O–H groups in total. The highest BCUT2D eigenvalue weighted by molar-refractivity contribution is 6.32. The number of ether oxygens (including phenoxy) is 1. The predicted octanol–water partition coefficient (Wildman–Crippen LogP) is 4.12. The topological polar surface area (TPSA) is 69.4 Å². The quantitative estimate of drug-likeness (QED) is 0.472. The normalized spacial score (nSPS) is 10.6. The number of rotatable bonds is 5. The summed E-state index contributed by atoms with van der Waals surface area (Å²) in [5.41, 5.74) is 0.751. The molecule has 0 radical (unpaired) electrons. The minimum absolute atomic E-state index is 0.0227. The molecule has 0 spiro atoms. The highest BCUT2D eigenvalue weighted by Gasteiger charge is 2.16. The molecule has 0 amide bonds. The van der Waals surface area contributed by atoms with E-state index in [4.69, 9.17) is 16.3 Å². The third-order valence-electron chi connectivity index (χ3n) is 2.80. The first kappa shape index (κ1) is 15.7. The lowest BCUT2D eigenvalue weighted by Crippen LogP contribution is -2.05. The minimum Gasteiger partial charge on any atom is -0.458 e. The SMILES string of the molecule is O=C(OC/C=C/c1ccccc1)c1ccc(Cl)c([N+](=O)[O-])c1. The van der Waals surface area contributed by atoms with Gasteiger partial charge in [0.1, 0.15) is 11.6 Å². The molecule has 0 bridgehead atoms. The van der Waals surface area contributed by atoms with Crippen LogP contribution in [-0.2, 0) is 4.74 Å². The molecule has 0 fully saturated rings. The van der Waals surface area contributed by atoms with Crippen molar-refractivity contribution in [1.82, 2.24) is 0 Å². The van der Waals surface area contributed by atoms with Crippen molar-refractivity contribution in [2.24, 2.45) is 0 Å². The molecule has 6 heteroatoms. The molecule has 2 aromatic rings. The Morgan fingerprint density at radius 1 is 1.23 bits per heavy atom. The Labute approximate surface area is 131 Å². The van der Waals surface area contributed by atoms with Crippen LogP contribution < -0.4 is 0 Å². The maximum atomic E-state index is 11.8. The van der Waals surface area contributed by atoms with Gasteiger partial charge in [-0.2, -0.15) is 0 Å². The van der Waals surface area contributed by atoms with Gasteiger partial charge in [0.2, 0.25) is 0 Å². The average Bonchev–Trinajstić information content (AvgIpc) is 2.52. The Hall–Kier alpha value is -2.66. The van der Waals surface area contributed by atoms with Crippen molar-refractivity contribution in [3.05, 3.63) is 80.9 Å². The summed E-state index contributed by atoms with van der Waals surface area (Å²) in [7, 11) is 0. The lowest BCUT2D eigenvalue weighted by atomic mass is 10.2. The van der Waals surface area contributed by atoms with Gasteiger partial charge in [0.15, 0.2) is 0 Å². The van der Waals surface area contributed by atoms with Crippen molar-refractivity contribution in [2.45, 2.75) is 0 Å². The van der Waals surface area contributed by atoms with E-state index in [0.29, 0.717) is 0 Å². The molecule has 0 aliphatic heterocycles. The van der Waals surface area contributed by atoms with Crippen LogP contribution in [0.2, 0.25) is 5.02 Å². The smallest absolute Gasteiger partial charge is 0.338 e. The molecule has 0 aliphatic rings. The summed E-state index contributed by atoms with van der Waals surface area (Å²) in [5.74, 6) is -0.641. The van der Waals surface area contributed by atoms with Crippen molar-refractivity contribution >= 4 is 29.3 Å². The molecule has 0 heterocycles. The summed E-state index contributed by atoms with van der Waals surface area (Å²) in [6.45, 7) is 0.0736. The van der Waals surface area contributed by atoms with E-state index in [1.807, 2.05) is 36.4 Å². The van der Waals surface area contributed by atoms with Crippen LogP contribution in [0, 0.1) is 10.1 Å². The van der Waals surface area contributed by atoms with E-state index >= 15 is 0 Å². The van der Waals surface area contributed by atoms with Gasteiger partial charge >= 0.3 is 5.97 Å². The van der Waals surface area contributed by atoms with Crippen LogP contribution in [0.1, 0.15) is 15.9 Å². The summed E-state index contributed by atoms with van der Waals surface area (Å²) < 4.78 is 5.03. The van der Waals surface area contributed by atoms with Crippen molar-refractivity contribution in [1.29, 1.82) is 0 Å². The van der Waals surface area contributed by atoms with Gasteiger partial charge in [0.25, 0.3) is 5.69 Å². The number of carbonyl (C=O) groups excluding carboxylic acids is 1. The van der Waals surface area contributed by atoms with E-state index in [9.17, 15) is 14.9 Å². The standard InChI is InChI=1S/C16H12ClNO4/c17-14-9-8-13(11-15(14)18(20)21)16(19)22-10-4-7-12-5-2-1-3-6-12/h1-9,11H,10H2/b7-4+. The van der Waals surface area contributed by atoms with Gasteiger partial charge < -0.3 is 4.74 Å². The molecule has 0 atom stereocenters. The molecule has 0 saturated heterocycles. The molecule has 22 heavy (non-hydrogen) atoms. The number of nitrogens with zero attached hydrogens (tertiary/aromatic N) is 1. The lowest BCUT2D eigenvalue weighted by molar-refractivity contribution is -0.384. The van der Waals surface area contributed by atoms with Gasteiger partial charge in [-0.25, -0.2) is 4.79 Å². The first-order chi connectivity index (χ1) is 10.6. The molecule has 2 aromatic carbocycles. The number of nitro benzene ring substituents is 1. The summed E-state index contributed by atoms with van der Waals surface area (Å²) in [4.78, 5) is 21.9.